The molecule has 3 aromatic rings. The number of hydrogen-bond acceptors (Lipinski definition) is 8. The van der Waals surface area contributed by atoms with Crippen LogP contribution in [0.5, 0.6) is 0 Å². The molecule has 156 valence electrons. The molecule has 4 rings (SSSR count). The number of methoxy groups -OCH3 is 1. The lowest BCUT2D eigenvalue weighted by atomic mass is 10.3. The third-order valence-corrected chi connectivity index (χ3v) is 5.85. The third-order valence-electron chi connectivity index (χ3n) is 4.95. The molecule has 0 spiro atoms. The molecule has 1 amide bonds. The van der Waals surface area contributed by atoms with E-state index in [4.69, 9.17) is 4.42 Å². The first-order valence-electron chi connectivity index (χ1n) is 9.68. The van der Waals surface area contributed by atoms with Crippen molar-refractivity contribution in [2.75, 3.05) is 33.3 Å². The average molecular weight is 426 g/mol. The van der Waals surface area contributed by atoms with Crippen LogP contribution in [0.3, 0.4) is 0 Å². The van der Waals surface area contributed by atoms with Crippen molar-refractivity contribution in [2.24, 2.45) is 0 Å². The molecule has 3 aromatic heterocycles. The number of carbonyl (C=O) groups is 2. The summed E-state index contributed by atoms with van der Waals surface area (Å²) in [5.41, 5.74) is 1.44. The van der Waals surface area contributed by atoms with Crippen LogP contribution in [0.15, 0.2) is 46.5 Å². The molecule has 0 N–H and O–H groups in total. The number of rotatable bonds is 5. The van der Waals surface area contributed by atoms with E-state index >= 15 is 0 Å². The Kier molecular flexibility index (Phi) is 6.20. The molecule has 0 atom stereocenters. The number of furan rings is 1. The first-order valence-corrected chi connectivity index (χ1v) is 10.6. The van der Waals surface area contributed by atoms with E-state index in [-0.39, 0.29) is 11.7 Å². The van der Waals surface area contributed by atoms with Gasteiger partial charge in [-0.3, -0.25) is 14.7 Å². The van der Waals surface area contributed by atoms with Crippen LogP contribution in [0.2, 0.25) is 0 Å². The predicted molar refractivity (Wildman–Crippen MR) is 111 cm³/mol. The van der Waals surface area contributed by atoms with Crippen molar-refractivity contribution in [2.45, 2.75) is 13.0 Å². The summed E-state index contributed by atoms with van der Waals surface area (Å²) in [4.78, 5) is 37.1. The zero-order valence-corrected chi connectivity index (χ0v) is 17.4. The van der Waals surface area contributed by atoms with Crippen molar-refractivity contribution >= 4 is 23.2 Å². The lowest BCUT2D eigenvalue weighted by Gasteiger charge is -2.20. The zero-order valence-electron chi connectivity index (χ0n) is 16.6. The van der Waals surface area contributed by atoms with Crippen molar-refractivity contribution in [3.63, 3.8) is 0 Å². The van der Waals surface area contributed by atoms with Crippen LogP contribution in [-0.4, -0.2) is 64.9 Å². The van der Waals surface area contributed by atoms with Crippen LogP contribution in [-0.2, 0) is 11.3 Å². The van der Waals surface area contributed by atoms with Crippen LogP contribution < -0.4 is 0 Å². The molecule has 0 bridgehead atoms. The average Bonchev–Trinajstić information content (AvgIpc) is 3.40. The molecule has 1 fully saturated rings. The Hall–Kier alpha value is -3.04. The molecule has 0 aliphatic carbocycles. The van der Waals surface area contributed by atoms with Gasteiger partial charge in [0.1, 0.15) is 16.5 Å². The smallest absolute Gasteiger partial charge is 0.373 e. The summed E-state index contributed by atoms with van der Waals surface area (Å²) >= 11 is 1.46. The fourth-order valence-electron chi connectivity index (χ4n) is 3.39. The van der Waals surface area contributed by atoms with Gasteiger partial charge in [0.2, 0.25) is 5.76 Å². The molecule has 9 heteroatoms. The van der Waals surface area contributed by atoms with Crippen molar-refractivity contribution in [1.82, 2.24) is 19.8 Å². The van der Waals surface area contributed by atoms with Crippen LogP contribution in [0.25, 0.3) is 10.6 Å². The summed E-state index contributed by atoms with van der Waals surface area (Å²) in [7, 11) is 1.33. The lowest BCUT2D eigenvalue weighted by Crippen LogP contribution is -2.35. The monoisotopic (exact) mass is 426 g/mol. The summed E-state index contributed by atoms with van der Waals surface area (Å²) in [5.74, 6) is 0.381. The molecule has 30 heavy (non-hydrogen) atoms. The van der Waals surface area contributed by atoms with E-state index in [1.165, 1.54) is 18.4 Å². The van der Waals surface area contributed by atoms with Gasteiger partial charge in [-0.05, 0) is 30.7 Å². The fraction of sp³-hybridized carbons (Fsp3) is 0.333. The standard InChI is InChI=1S/C21H22N4O4S/c1-28-21(27)18-4-3-16(29-18)13-24-9-2-10-25(12-11-24)20(26)17-14-30-19(23-17)15-5-7-22-8-6-15/h3-8,14H,2,9-13H2,1H3. The van der Waals surface area contributed by atoms with E-state index in [0.29, 0.717) is 31.1 Å². The number of esters is 1. The fourth-order valence-corrected chi connectivity index (χ4v) is 4.19. The quantitative estimate of drug-likeness (QED) is 0.580. The molecular formula is C21H22N4O4S. The SMILES string of the molecule is COC(=O)c1ccc(CN2CCCN(C(=O)c3csc(-c4ccncc4)n3)CC2)o1. The Morgan fingerprint density at radius 1 is 1.13 bits per heavy atom. The highest BCUT2D eigenvalue weighted by Gasteiger charge is 2.23. The van der Waals surface area contributed by atoms with E-state index in [0.717, 1.165) is 30.1 Å². The van der Waals surface area contributed by atoms with Gasteiger partial charge in [-0.2, -0.15) is 0 Å². The molecule has 1 aliphatic rings. The molecule has 0 aromatic carbocycles. The first-order chi connectivity index (χ1) is 14.6. The summed E-state index contributed by atoms with van der Waals surface area (Å²) in [6.07, 6.45) is 4.29. The van der Waals surface area contributed by atoms with Gasteiger partial charge in [0.25, 0.3) is 5.91 Å². The van der Waals surface area contributed by atoms with Crippen LogP contribution in [0.4, 0.5) is 0 Å². The second kappa shape index (κ2) is 9.19. The minimum atomic E-state index is -0.483. The van der Waals surface area contributed by atoms with Gasteiger partial charge in [0.15, 0.2) is 0 Å². The Morgan fingerprint density at radius 3 is 2.77 bits per heavy atom. The first kappa shape index (κ1) is 20.2. The number of carbonyl (C=O) groups excluding carboxylic acids is 2. The Labute approximate surface area is 178 Å². The number of thiazole rings is 1. The minimum absolute atomic E-state index is 0.0422. The number of hydrogen-bond donors (Lipinski definition) is 0. The van der Waals surface area contributed by atoms with E-state index in [2.05, 4.69) is 19.6 Å². The number of nitrogens with zero attached hydrogens (tertiary/aromatic N) is 4. The molecule has 0 saturated carbocycles. The highest BCUT2D eigenvalue weighted by molar-refractivity contribution is 7.13. The van der Waals surface area contributed by atoms with E-state index in [1.54, 1.807) is 24.5 Å². The van der Waals surface area contributed by atoms with Crippen LogP contribution in [0, 0.1) is 0 Å². The Balaban J connectivity index is 1.36. The van der Waals surface area contributed by atoms with Gasteiger partial charge < -0.3 is 14.1 Å². The number of aromatic nitrogens is 2. The zero-order chi connectivity index (χ0) is 20.9. The van der Waals surface area contributed by atoms with E-state index in [1.807, 2.05) is 22.4 Å². The van der Waals surface area contributed by atoms with Crippen LogP contribution >= 0.6 is 11.3 Å². The molecular weight excluding hydrogens is 404 g/mol. The largest absolute Gasteiger partial charge is 0.463 e. The van der Waals surface area contributed by atoms with Gasteiger partial charge in [0.05, 0.1) is 13.7 Å². The highest BCUT2D eigenvalue weighted by Crippen LogP contribution is 2.24. The van der Waals surface area contributed by atoms with Gasteiger partial charge >= 0.3 is 5.97 Å². The van der Waals surface area contributed by atoms with Gasteiger partial charge in [-0.25, -0.2) is 9.78 Å². The Bertz CT molecular complexity index is 1020. The van der Waals surface area contributed by atoms with Gasteiger partial charge in [0, 0.05) is 49.5 Å². The summed E-state index contributed by atoms with van der Waals surface area (Å²) in [6.45, 7) is 3.45. The second-order valence-corrected chi connectivity index (χ2v) is 7.81. The Morgan fingerprint density at radius 2 is 1.97 bits per heavy atom. The number of ether oxygens (including phenoxy) is 1. The highest BCUT2D eigenvalue weighted by atomic mass is 32.1. The number of amides is 1. The summed E-state index contributed by atoms with van der Waals surface area (Å²) in [5, 5.41) is 2.63. The molecule has 0 radical (unpaired) electrons. The summed E-state index contributed by atoms with van der Waals surface area (Å²) in [6, 6.07) is 7.18. The minimum Gasteiger partial charge on any atom is -0.463 e. The van der Waals surface area contributed by atoms with Crippen molar-refractivity contribution < 1.29 is 18.7 Å². The maximum absolute atomic E-state index is 12.9. The van der Waals surface area contributed by atoms with Crippen LogP contribution in [0.1, 0.15) is 33.2 Å². The normalized spacial score (nSPS) is 15.0. The summed E-state index contributed by atoms with van der Waals surface area (Å²) < 4.78 is 10.2. The van der Waals surface area contributed by atoms with E-state index in [9.17, 15) is 9.59 Å². The maximum Gasteiger partial charge on any atom is 0.373 e. The van der Waals surface area contributed by atoms with Crippen molar-refractivity contribution in [1.29, 1.82) is 0 Å². The maximum atomic E-state index is 12.9. The van der Waals surface area contributed by atoms with Crippen molar-refractivity contribution in [3.8, 4) is 10.6 Å². The number of pyridine rings is 1. The topological polar surface area (TPSA) is 88.8 Å². The molecule has 8 nitrogen and oxygen atoms in total. The lowest BCUT2D eigenvalue weighted by molar-refractivity contribution is 0.0560. The third kappa shape index (κ3) is 4.58. The van der Waals surface area contributed by atoms with E-state index < -0.39 is 5.97 Å². The van der Waals surface area contributed by atoms with Gasteiger partial charge in [-0.15, -0.1) is 11.3 Å². The second-order valence-electron chi connectivity index (χ2n) is 6.95. The molecule has 1 saturated heterocycles. The molecule has 1 aliphatic heterocycles. The van der Waals surface area contributed by atoms with Gasteiger partial charge in [-0.1, -0.05) is 0 Å². The van der Waals surface area contributed by atoms with Crippen molar-refractivity contribution in [3.05, 3.63) is 59.3 Å². The predicted octanol–water partition coefficient (Wildman–Crippen LogP) is 2.93. The molecule has 0 unspecified atom stereocenters. The molecule has 4 heterocycles.